The number of alkyl halides is 3. The fourth-order valence-corrected chi connectivity index (χ4v) is 3.47. The molecule has 1 aromatic heterocycles. The van der Waals surface area contributed by atoms with Crippen molar-refractivity contribution in [2.24, 2.45) is 13.0 Å². The summed E-state index contributed by atoms with van der Waals surface area (Å²) in [4.78, 5) is 24.8. The molecule has 1 aliphatic carbocycles. The fourth-order valence-electron chi connectivity index (χ4n) is 2.49. The number of aromatic nitrogens is 2. The third-order valence-electron chi connectivity index (χ3n) is 3.94. The zero-order chi connectivity index (χ0) is 19.1. The van der Waals surface area contributed by atoms with Gasteiger partial charge < -0.3 is 0 Å². The van der Waals surface area contributed by atoms with E-state index < -0.39 is 35.5 Å². The molecule has 0 bridgehead atoms. The van der Waals surface area contributed by atoms with E-state index in [4.69, 9.17) is 0 Å². The molecular weight excluding hydrogens is 372 g/mol. The monoisotopic (exact) mass is 386 g/mol. The molecular formula is C17H14F4N2O2S. The van der Waals surface area contributed by atoms with Crippen LogP contribution in [0.2, 0.25) is 0 Å². The van der Waals surface area contributed by atoms with Crippen molar-refractivity contribution in [2.75, 3.05) is 0 Å². The number of carbonyl (C=O) groups is 2. The minimum Gasteiger partial charge on any atom is -0.299 e. The number of nitrogens with zero attached hydrogens (tertiary/aromatic N) is 2. The van der Waals surface area contributed by atoms with E-state index in [0.717, 1.165) is 16.4 Å². The lowest BCUT2D eigenvalue weighted by molar-refractivity contribution is -0.141. The molecule has 2 aromatic rings. The first-order valence-electron chi connectivity index (χ1n) is 7.80. The molecule has 0 spiro atoms. The Hall–Kier alpha value is -2.16. The third-order valence-corrected chi connectivity index (χ3v) is 5.11. The van der Waals surface area contributed by atoms with Crippen LogP contribution >= 0.6 is 11.8 Å². The summed E-state index contributed by atoms with van der Waals surface area (Å²) in [6, 6.07) is 5.12. The Morgan fingerprint density at radius 1 is 1.23 bits per heavy atom. The molecule has 1 saturated carbocycles. The Kier molecular flexibility index (Phi) is 4.92. The van der Waals surface area contributed by atoms with E-state index in [0.29, 0.717) is 17.7 Å². The highest BCUT2D eigenvalue weighted by molar-refractivity contribution is 7.99. The minimum atomic E-state index is -4.83. The standard InChI is InChI=1S/C17H14F4N2O2S/c1-23-16(26-11-6-4-10(18)5-7-11)14(15(22-23)17(19,20)21)13(25)8-12(24)9-2-3-9/h4-7,9H,2-3,8H2,1H3. The van der Waals surface area contributed by atoms with Gasteiger partial charge in [0, 0.05) is 17.9 Å². The van der Waals surface area contributed by atoms with Crippen molar-refractivity contribution >= 4 is 23.3 Å². The molecule has 1 aliphatic rings. The van der Waals surface area contributed by atoms with E-state index in [1.165, 1.54) is 31.3 Å². The van der Waals surface area contributed by atoms with Gasteiger partial charge in [-0.25, -0.2) is 4.39 Å². The Morgan fingerprint density at radius 3 is 2.38 bits per heavy atom. The van der Waals surface area contributed by atoms with Gasteiger partial charge in [-0.2, -0.15) is 18.3 Å². The molecule has 138 valence electrons. The van der Waals surface area contributed by atoms with Gasteiger partial charge in [0.05, 0.1) is 12.0 Å². The van der Waals surface area contributed by atoms with Crippen molar-refractivity contribution in [1.29, 1.82) is 0 Å². The average Bonchev–Trinajstić information content (AvgIpc) is 3.34. The average molecular weight is 386 g/mol. The second kappa shape index (κ2) is 6.86. The number of aryl methyl sites for hydroxylation is 1. The van der Waals surface area contributed by atoms with E-state index in [2.05, 4.69) is 5.10 Å². The number of hydrogen-bond acceptors (Lipinski definition) is 4. The van der Waals surface area contributed by atoms with Gasteiger partial charge >= 0.3 is 6.18 Å². The van der Waals surface area contributed by atoms with Gasteiger partial charge in [0.2, 0.25) is 0 Å². The summed E-state index contributed by atoms with van der Waals surface area (Å²) in [6.07, 6.45) is -4.06. The molecule has 4 nitrogen and oxygen atoms in total. The van der Waals surface area contributed by atoms with Crippen LogP contribution in [0.15, 0.2) is 34.2 Å². The molecule has 0 unspecified atom stereocenters. The van der Waals surface area contributed by atoms with Crippen LogP contribution in [0.1, 0.15) is 35.3 Å². The summed E-state index contributed by atoms with van der Waals surface area (Å²) in [5.74, 6) is -1.95. The van der Waals surface area contributed by atoms with Crippen molar-refractivity contribution < 1.29 is 27.2 Å². The van der Waals surface area contributed by atoms with Gasteiger partial charge in [-0.15, -0.1) is 0 Å². The summed E-state index contributed by atoms with van der Waals surface area (Å²) in [7, 11) is 1.29. The summed E-state index contributed by atoms with van der Waals surface area (Å²) >= 11 is 0.868. The predicted octanol–water partition coefficient (Wildman–Crippen LogP) is 4.28. The number of ketones is 2. The zero-order valence-corrected chi connectivity index (χ0v) is 14.5. The van der Waals surface area contributed by atoms with Crippen molar-refractivity contribution in [3.05, 3.63) is 41.3 Å². The molecule has 0 amide bonds. The summed E-state index contributed by atoms with van der Waals surface area (Å²) in [5.41, 5.74) is -1.92. The zero-order valence-electron chi connectivity index (χ0n) is 13.6. The summed E-state index contributed by atoms with van der Waals surface area (Å²) in [5, 5.41) is 3.42. The molecule has 0 atom stereocenters. The van der Waals surface area contributed by atoms with Crippen LogP contribution in [0.4, 0.5) is 17.6 Å². The molecule has 1 heterocycles. The molecule has 0 aliphatic heterocycles. The second-order valence-electron chi connectivity index (χ2n) is 6.05. The van der Waals surface area contributed by atoms with E-state index >= 15 is 0 Å². The van der Waals surface area contributed by atoms with E-state index in [9.17, 15) is 27.2 Å². The highest BCUT2D eigenvalue weighted by atomic mass is 32.2. The van der Waals surface area contributed by atoms with E-state index in [-0.39, 0.29) is 16.7 Å². The van der Waals surface area contributed by atoms with Gasteiger partial charge in [0.25, 0.3) is 0 Å². The van der Waals surface area contributed by atoms with Crippen LogP contribution in [-0.4, -0.2) is 21.3 Å². The topological polar surface area (TPSA) is 52.0 Å². The van der Waals surface area contributed by atoms with Gasteiger partial charge in [0.1, 0.15) is 16.6 Å². The van der Waals surface area contributed by atoms with Crippen LogP contribution < -0.4 is 0 Å². The first kappa shape index (κ1) is 18.6. The summed E-state index contributed by atoms with van der Waals surface area (Å²) < 4.78 is 54.0. The maximum atomic E-state index is 13.3. The Morgan fingerprint density at radius 2 is 1.85 bits per heavy atom. The predicted molar refractivity (Wildman–Crippen MR) is 85.4 cm³/mol. The van der Waals surface area contributed by atoms with Crippen LogP contribution in [0.25, 0.3) is 0 Å². The normalized spacial score (nSPS) is 14.5. The van der Waals surface area contributed by atoms with Gasteiger partial charge in [-0.3, -0.25) is 14.3 Å². The largest absolute Gasteiger partial charge is 0.435 e. The number of carbonyl (C=O) groups excluding carboxylic acids is 2. The van der Waals surface area contributed by atoms with Crippen molar-refractivity contribution in [1.82, 2.24) is 9.78 Å². The van der Waals surface area contributed by atoms with Crippen LogP contribution in [0.3, 0.4) is 0 Å². The minimum absolute atomic E-state index is 0.0301. The van der Waals surface area contributed by atoms with Gasteiger partial charge in [0.15, 0.2) is 11.5 Å². The maximum absolute atomic E-state index is 13.3. The van der Waals surface area contributed by atoms with Crippen molar-refractivity contribution in [2.45, 2.75) is 35.4 Å². The Labute approximate surface area is 150 Å². The van der Waals surface area contributed by atoms with Crippen LogP contribution in [0.5, 0.6) is 0 Å². The molecule has 1 fully saturated rings. The number of Topliss-reactive ketones (excluding diaryl/α,β-unsaturated/α-hetero) is 2. The molecule has 0 saturated heterocycles. The SMILES string of the molecule is Cn1nc(C(F)(F)F)c(C(=O)CC(=O)C2CC2)c1Sc1ccc(F)cc1. The van der Waals surface area contributed by atoms with Crippen molar-refractivity contribution in [3.63, 3.8) is 0 Å². The van der Waals surface area contributed by atoms with Crippen molar-refractivity contribution in [3.8, 4) is 0 Å². The van der Waals surface area contributed by atoms with Crippen LogP contribution in [0, 0.1) is 11.7 Å². The molecule has 3 rings (SSSR count). The maximum Gasteiger partial charge on any atom is 0.435 e. The molecule has 1 aromatic carbocycles. The highest BCUT2D eigenvalue weighted by Crippen LogP contribution is 2.39. The molecule has 0 N–H and O–H groups in total. The molecule has 9 heteroatoms. The number of rotatable bonds is 6. The molecule has 0 radical (unpaired) electrons. The number of hydrogen-bond donors (Lipinski definition) is 0. The lowest BCUT2D eigenvalue weighted by Crippen LogP contribution is -2.16. The second-order valence-corrected chi connectivity index (χ2v) is 7.11. The lowest BCUT2D eigenvalue weighted by Gasteiger charge is -2.08. The number of benzene rings is 1. The summed E-state index contributed by atoms with van der Waals surface area (Å²) in [6.45, 7) is 0. The number of halogens is 4. The first-order valence-corrected chi connectivity index (χ1v) is 8.62. The molecule has 26 heavy (non-hydrogen) atoms. The Bertz CT molecular complexity index is 855. The van der Waals surface area contributed by atoms with Crippen LogP contribution in [-0.2, 0) is 18.0 Å². The van der Waals surface area contributed by atoms with E-state index in [1.54, 1.807) is 0 Å². The first-order chi connectivity index (χ1) is 12.2. The smallest absolute Gasteiger partial charge is 0.299 e. The fraction of sp³-hybridized carbons (Fsp3) is 0.353. The highest BCUT2D eigenvalue weighted by Gasteiger charge is 2.42. The van der Waals surface area contributed by atoms with E-state index in [1.807, 2.05) is 0 Å². The third kappa shape index (κ3) is 3.98. The Balaban J connectivity index is 1.99. The van der Waals surface area contributed by atoms with Gasteiger partial charge in [-0.1, -0.05) is 11.8 Å². The quantitative estimate of drug-likeness (QED) is 0.422. The van der Waals surface area contributed by atoms with Gasteiger partial charge in [-0.05, 0) is 37.1 Å². The lowest BCUT2D eigenvalue weighted by atomic mass is 10.0.